The summed E-state index contributed by atoms with van der Waals surface area (Å²) in [5.74, 6) is 0. The van der Waals surface area contributed by atoms with Crippen LogP contribution in [0.3, 0.4) is 0 Å². The van der Waals surface area contributed by atoms with Gasteiger partial charge in [-0.3, -0.25) is 0 Å². The Morgan fingerprint density at radius 3 is 1.47 bits per heavy atom. The molecule has 3 atom stereocenters. The summed E-state index contributed by atoms with van der Waals surface area (Å²) in [7, 11) is 2.11. The molecule has 2 N–H and O–H groups in total. The summed E-state index contributed by atoms with van der Waals surface area (Å²) in [6.45, 7) is 6.71. The molecule has 30 heavy (non-hydrogen) atoms. The lowest BCUT2D eigenvalue weighted by atomic mass is 10.2. The fraction of sp³-hybridized carbons (Fsp3) is 0.500. The Morgan fingerprint density at radius 2 is 1.17 bits per heavy atom. The summed E-state index contributed by atoms with van der Waals surface area (Å²) >= 11 is 0. The molecule has 0 saturated heterocycles. The molecule has 5 nitrogen and oxygen atoms in total. The summed E-state index contributed by atoms with van der Waals surface area (Å²) in [5.41, 5.74) is 0. The van der Waals surface area contributed by atoms with Crippen LogP contribution in [0.1, 0.15) is 33.6 Å². The monoisotopic (exact) mass is 431 g/mol. The number of quaternary nitrogens is 1. The average molecular weight is 432 g/mol. The Bertz CT molecular complexity index is 716. The van der Waals surface area contributed by atoms with E-state index in [1.807, 2.05) is 12.1 Å². The van der Waals surface area contributed by atoms with Gasteiger partial charge in [-0.2, -0.15) is 0 Å². The number of hydroxylamine groups is 3. The molecule has 3 rings (SSSR count). The summed E-state index contributed by atoms with van der Waals surface area (Å²) < 4.78 is 6.65. The first-order valence-electron chi connectivity index (χ1n) is 10.5. The Morgan fingerprint density at radius 1 is 0.833 bits per heavy atom. The smallest absolute Gasteiger partial charge is 0.261 e. The number of hydrogen-bond donors (Lipinski definition) is 2. The summed E-state index contributed by atoms with van der Waals surface area (Å²) in [6.07, 6.45) is -0.528. The van der Waals surface area contributed by atoms with Gasteiger partial charge in [-0.15, -0.1) is 0 Å². The van der Waals surface area contributed by atoms with Crippen LogP contribution in [0.2, 0.25) is 5.04 Å². The molecule has 0 radical (unpaired) electrons. The van der Waals surface area contributed by atoms with Gasteiger partial charge in [0.05, 0.1) is 39.5 Å². The van der Waals surface area contributed by atoms with Crippen LogP contribution >= 0.6 is 0 Å². The highest BCUT2D eigenvalue weighted by atomic mass is 28.4. The standard InChI is InChI=1S/C21H28O3Si.C3H9NO/c1-21(2,3)25(17-10-6-4-7-11-17,18-12-8-5-9-13-18)24-16-14-19(22)20(23)15-16;1-4(2,3)5/h4-13,16,19-20,22-23H,14-15H2,1-3H3;1-3H3/t16-,19-,20+;. The maximum atomic E-state index is 10.0. The zero-order valence-electron chi connectivity index (χ0n) is 19.1. The molecule has 6 heteroatoms. The number of benzene rings is 2. The number of aliphatic hydroxyl groups is 2. The van der Waals surface area contributed by atoms with Crippen molar-refractivity contribution < 1.29 is 19.3 Å². The summed E-state index contributed by atoms with van der Waals surface area (Å²) in [4.78, 5) is 0. The van der Waals surface area contributed by atoms with Crippen molar-refractivity contribution in [3.8, 4) is 0 Å². The second kappa shape index (κ2) is 9.72. The van der Waals surface area contributed by atoms with E-state index in [1.54, 1.807) is 21.1 Å². The SMILES string of the molecule is CC(C)(C)[Si](O[C@@H]1C[C@@H](O)[C@@H](O)C1)(c1ccccc1)c1ccccc1.C[N+](C)(C)[O-]. The number of hydrogen-bond acceptors (Lipinski definition) is 4. The lowest BCUT2D eigenvalue weighted by molar-refractivity contribution is -0.818. The normalized spacial score (nSPS) is 22.4. The Hall–Kier alpha value is -1.54. The second-order valence-electron chi connectivity index (χ2n) is 9.90. The van der Waals surface area contributed by atoms with E-state index in [4.69, 9.17) is 4.43 Å². The van der Waals surface area contributed by atoms with Crippen LogP contribution in [-0.4, -0.2) is 62.6 Å². The van der Waals surface area contributed by atoms with E-state index in [0.29, 0.717) is 12.8 Å². The zero-order valence-corrected chi connectivity index (χ0v) is 20.1. The molecule has 1 fully saturated rings. The van der Waals surface area contributed by atoms with Crippen LogP contribution in [0, 0.1) is 5.21 Å². The molecule has 0 spiro atoms. The zero-order chi connectivity index (χ0) is 22.6. The van der Waals surface area contributed by atoms with Crippen molar-refractivity contribution in [3.63, 3.8) is 0 Å². The molecule has 0 aromatic heterocycles. The van der Waals surface area contributed by atoms with Crippen molar-refractivity contribution in [3.05, 3.63) is 65.9 Å². The number of aliphatic hydroxyl groups excluding tert-OH is 2. The van der Waals surface area contributed by atoms with Gasteiger partial charge < -0.3 is 24.5 Å². The summed E-state index contributed by atoms with van der Waals surface area (Å²) in [5, 5.41) is 32.4. The molecule has 2 aromatic rings. The first kappa shape index (κ1) is 24.7. The van der Waals surface area contributed by atoms with Crippen LogP contribution in [0.25, 0.3) is 0 Å². The molecule has 0 unspecified atom stereocenters. The highest BCUT2D eigenvalue weighted by Crippen LogP contribution is 2.39. The quantitative estimate of drug-likeness (QED) is 0.443. The van der Waals surface area contributed by atoms with Crippen LogP contribution in [0.4, 0.5) is 0 Å². The van der Waals surface area contributed by atoms with Gasteiger partial charge >= 0.3 is 0 Å². The van der Waals surface area contributed by atoms with Crippen LogP contribution in [0.15, 0.2) is 60.7 Å². The number of nitrogens with zero attached hydrogens (tertiary/aromatic N) is 1. The molecule has 0 bridgehead atoms. The van der Waals surface area contributed by atoms with E-state index < -0.39 is 20.5 Å². The van der Waals surface area contributed by atoms with E-state index in [0.717, 1.165) is 0 Å². The van der Waals surface area contributed by atoms with Crippen molar-refractivity contribution in [2.24, 2.45) is 0 Å². The maximum absolute atomic E-state index is 10.0. The Balaban J connectivity index is 0.000000575. The van der Waals surface area contributed by atoms with Gasteiger partial charge in [0.15, 0.2) is 0 Å². The third kappa shape index (κ3) is 6.23. The van der Waals surface area contributed by atoms with Crippen molar-refractivity contribution in [1.82, 2.24) is 0 Å². The van der Waals surface area contributed by atoms with E-state index >= 15 is 0 Å². The van der Waals surface area contributed by atoms with Gasteiger partial charge in [-0.1, -0.05) is 81.4 Å². The number of rotatable bonds is 4. The van der Waals surface area contributed by atoms with Crippen LogP contribution in [-0.2, 0) is 4.43 Å². The predicted octanol–water partition coefficient (Wildman–Crippen LogP) is 2.64. The van der Waals surface area contributed by atoms with E-state index in [-0.39, 0.29) is 15.8 Å². The molecule has 166 valence electrons. The first-order chi connectivity index (χ1) is 13.8. The van der Waals surface area contributed by atoms with Gasteiger partial charge in [0, 0.05) is 12.8 Å². The molecule has 1 saturated carbocycles. The van der Waals surface area contributed by atoms with Crippen molar-refractivity contribution in [2.75, 3.05) is 21.1 Å². The topological polar surface area (TPSA) is 72.8 Å². The van der Waals surface area contributed by atoms with Gasteiger partial charge in [0.25, 0.3) is 8.32 Å². The molecule has 1 aliphatic rings. The highest BCUT2D eigenvalue weighted by molar-refractivity contribution is 6.99. The summed E-state index contributed by atoms with van der Waals surface area (Å²) in [6, 6.07) is 20.9. The Labute approximate surface area is 182 Å². The minimum Gasteiger partial charge on any atom is -0.633 e. The molecular weight excluding hydrogens is 394 g/mol. The highest BCUT2D eigenvalue weighted by Gasteiger charge is 2.52. The predicted molar refractivity (Wildman–Crippen MR) is 125 cm³/mol. The van der Waals surface area contributed by atoms with Gasteiger partial charge in [0.1, 0.15) is 0 Å². The van der Waals surface area contributed by atoms with Gasteiger partial charge in [-0.25, -0.2) is 0 Å². The lowest BCUT2D eigenvalue weighted by Gasteiger charge is -2.44. The third-order valence-electron chi connectivity index (χ3n) is 5.21. The molecule has 0 aliphatic heterocycles. The second-order valence-corrected chi connectivity index (χ2v) is 14.2. The fourth-order valence-electron chi connectivity index (χ4n) is 3.99. The minimum absolute atomic E-state index is 0.0891. The van der Waals surface area contributed by atoms with E-state index in [2.05, 4.69) is 69.3 Å². The van der Waals surface area contributed by atoms with E-state index in [1.165, 1.54) is 10.4 Å². The first-order valence-corrected chi connectivity index (χ1v) is 12.4. The third-order valence-corrected chi connectivity index (χ3v) is 10.3. The van der Waals surface area contributed by atoms with Crippen LogP contribution < -0.4 is 10.4 Å². The molecule has 0 heterocycles. The van der Waals surface area contributed by atoms with Gasteiger partial charge in [0.2, 0.25) is 0 Å². The molecule has 2 aromatic carbocycles. The van der Waals surface area contributed by atoms with Gasteiger partial charge in [-0.05, 0) is 15.4 Å². The van der Waals surface area contributed by atoms with Crippen molar-refractivity contribution in [1.29, 1.82) is 0 Å². The Kier molecular flexibility index (Phi) is 8.01. The average Bonchev–Trinajstić information content (AvgIpc) is 2.96. The molecular formula is C24H37NO4Si. The largest absolute Gasteiger partial charge is 0.633 e. The van der Waals surface area contributed by atoms with Crippen molar-refractivity contribution in [2.45, 2.75) is 57.0 Å². The minimum atomic E-state index is -2.60. The van der Waals surface area contributed by atoms with Crippen LogP contribution in [0.5, 0.6) is 0 Å². The fourth-order valence-corrected chi connectivity index (χ4v) is 8.69. The maximum Gasteiger partial charge on any atom is 0.261 e. The molecule has 1 aliphatic carbocycles. The lowest BCUT2D eigenvalue weighted by Crippen LogP contribution is -2.67. The van der Waals surface area contributed by atoms with E-state index in [9.17, 15) is 15.4 Å². The molecule has 0 amide bonds. The van der Waals surface area contributed by atoms with Crippen molar-refractivity contribution >= 4 is 18.7 Å².